The molecule has 1 atom stereocenters. The average Bonchev–Trinajstić information content (AvgIpc) is 2.15. The lowest BCUT2D eigenvalue weighted by molar-refractivity contribution is 0.259. The Morgan fingerprint density at radius 2 is 2.13 bits per heavy atom. The van der Waals surface area contributed by atoms with E-state index in [-0.39, 0.29) is 16.9 Å². The van der Waals surface area contributed by atoms with Gasteiger partial charge in [0, 0.05) is 6.04 Å². The third-order valence-electron chi connectivity index (χ3n) is 2.18. The van der Waals surface area contributed by atoms with Gasteiger partial charge in [-0.2, -0.15) is 0 Å². The van der Waals surface area contributed by atoms with Crippen LogP contribution in [0.3, 0.4) is 0 Å². The highest BCUT2D eigenvalue weighted by molar-refractivity contribution is 6.32. The minimum Gasteiger partial charge on any atom is -0.490 e. The summed E-state index contributed by atoms with van der Waals surface area (Å²) >= 11 is 5.79. The Hall–Kier alpha value is -0.800. The van der Waals surface area contributed by atoms with Crippen LogP contribution in [0, 0.1) is 11.7 Å². The molecular weight excluding hydrogens is 217 g/mol. The standard InChI is InChI=1S/C11H15ClFNO/c1-7(2)10(14)6-15-11-4-3-8(13)5-9(11)12/h3-5,7,10H,6,14H2,1-2H3. The Labute approximate surface area is 94.2 Å². The third-order valence-corrected chi connectivity index (χ3v) is 2.48. The van der Waals surface area contributed by atoms with Crippen molar-refractivity contribution < 1.29 is 9.13 Å². The summed E-state index contributed by atoms with van der Waals surface area (Å²) in [4.78, 5) is 0. The van der Waals surface area contributed by atoms with E-state index >= 15 is 0 Å². The first-order chi connectivity index (χ1) is 7.00. The highest BCUT2D eigenvalue weighted by atomic mass is 35.5. The molecule has 15 heavy (non-hydrogen) atoms. The summed E-state index contributed by atoms with van der Waals surface area (Å²) in [6.07, 6.45) is 0. The minimum atomic E-state index is -0.375. The highest BCUT2D eigenvalue weighted by Gasteiger charge is 2.09. The van der Waals surface area contributed by atoms with Crippen LogP contribution in [0.4, 0.5) is 4.39 Å². The fourth-order valence-corrected chi connectivity index (χ4v) is 1.19. The maximum absolute atomic E-state index is 12.7. The molecule has 0 aliphatic carbocycles. The first-order valence-corrected chi connectivity index (χ1v) is 5.22. The molecule has 0 amide bonds. The molecule has 1 rings (SSSR count). The predicted octanol–water partition coefficient (Wildman–Crippen LogP) is 2.84. The molecule has 0 bridgehead atoms. The Bertz CT molecular complexity index is 330. The van der Waals surface area contributed by atoms with Gasteiger partial charge in [-0.3, -0.25) is 0 Å². The molecular formula is C11H15ClFNO. The molecule has 84 valence electrons. The van der Waals surface area contributed by atoms with Gasteiger partial charge in [-0.25, -0.2) is 4.39 Å². The monoisotopic (exact) mass is 231 g/mol. The summed E-state index contributed by atoms with van der Waals surface area (Å²) in [6.45, 7) is 4.41. The molecule has 0 aliphatic heterocycles. The molecule has 1 aromatic rings. The van der Waals surface area contributed by atoms with Gasteiger partial charge in [0.05, 0.1) is 5.02 Å². The smallest absolute Gasteiger partial charge is 0.138 e. The van der Waals surface area contributed by atoms with Crippen LogP contribution >= 0.6 is 11.6 Å². The maximum atomic E-state index is 12.7. The third kappa shape index (κ3) is 3.68. The van der Waals surface area contributed by atoms with Gasteiger partial charge in [-0.05, 0) is 24.1 Å². The molecule has 2 N–H and O–H groups in total. The largest absolute Gasteiger partial charge is 0.490 e. The van der Waals surface area contributed by atoms with E-state index in [1.165, 1.54) is 18.2 Å². The van der Waals surface area contributed by atoms with Gasteiger partial charge in [0.25, 0.3) is 0 Å². The first kappa shape index (κ1) is 12.3. The van der Waals surface area contributed by atoms with Crippen LogP contribution in [-0.2, 0) is 0 Å². The average molecular weight is 232 g/mol. The van der Waals surface area contributed by atoms with E-state index in [2.05, 4.69) is 0 Å². The molecule has 0 aliphatic rings. The molecule has 2 nitrogen and oxygen atoms in total. The summed E-state index contributed by atoms with van der Waals surface area (Å²) in [5.74, 6) is 0.430. The molecule has 1 aromatic carbocycles. The first-order valence-electron chi connectivity index (χ1n) is 4.84. The fraction of sp³-hybridized carbons (Fsp3) is 0.455. The summed E-state index contributed by atoms with van der Waals surface area (Å²) in [6, 6.07) is 3.98. The summed E-state index contributed by atoms with van der Waals surface area (Å²) in [5, 5.41) is 0.269. The van der Waals surface area contributed by atoms with Crippen LogP contribution in [-0.4, -0.2) is 12.6 Å². The fourth-order valence-electron chi connectivity index (χ4n) is 0.971. The zero-order valence-corrected chi connectivity index (χ0v) is 9.59. The molecule has 0 saturated heterocycles. The van der Waals surface area contributed by atoms with Crippen LogP contribution in [0.1, 0.15) is 13.8 Å². The minimum absolute atomic E-state index is 0.0499. The lowest BCUT2D eigenvalue weighted by Crippen LogP contribution is -2.33. The number of ether oxygens (including phenoxy) is 1. The van der Waals surface area contributed by atoms with Crippen molar-refractivity contribution in [1.29, 1.82) is 0 Å². The number of benzene rings is 1. The SMILES string of the molecule is CC(C)C(N)COc1ccc(F)cc1Cl. The Morgan fingerprint density at radius 1 is 1.47 bits per heavy atom. The normalized spacial score (nSPS) is 12.9. The van der Waals surface area contributed by atoms with E-state index in [4.69, 9.17) is 22.1 Å². The second-order valence-corrected chi connectivity index (χ2v) is 4.20. The van der Waals surface area contributed by atoms with Gasteiger partial charge >= 0.3 is 0 Å². The number of nitrogens with two attached hydrogens (primary N) is 1. The van der Waals surface area contributed by atoms with Gasteiger partial charge in [0.1, 0.15) is 18.2 Å². The van der Waals surface area contributed by atoms with Crippen LogP contribution in [0.2, 0.25) is 5.02 Å². The van der Waals surface area contributed by atoms with E-state index in [0.29, 0.717) is 18.3 Å². The molecule has 0 saturated carbocycles. The molecule has 0 radical (unpaired) electrons. The van der Waals surface area contributed by atoms with Crippen molar-refractivity contribution in [2.75, 3.05) is 6.61 Å². The Morgan fingerprint density at radius 3 is 2.67 bits per heavy atom. The lowest BCUT2D eigenvalue weighted by atomic mass is 10.1. The molecule has 0 heterocycles. The van der Waals surface area contributed by atoms with Crippen LogP contribution < -0.4 is 10.5 Å². The van der Waals surface area contributed by atoms with Crippen molar-refractivity contribution in [3.8, 4) is 5.75 Å². The zero-order chi connectivity index (χ0) is 11.4. The van der Waals surface area contributed by atoms with Crippen LogP contribution in [0.25, 0.3) is 0 Å². The topological polar surface area (TPSA) is 35.2 Å². The van der Waals surface area contributed by atoms with E-state index in [9.17, 15) is 4.39 Å². The Balaban J connectivity index is 2.58. The van der Waals surface area contributed by atoms with Crippen LogP contribution in [0.15, 0.2) is 18.2 Å². The van der Waals surface area contributed by atoms with E-state index in [1.807, 2.05) is 13.8 Å². The van der Waals surface area contributed by atoms with Gasteiger partial charge in [0.15, 0.2) is 0 Å². The highest BCUT2D eigenvalue weighted by Crippen LogP contribution is 2.25. The number of rotatable bonds is 4. The van der Waals surface area contributed by atoms with Gasteiger partial charge in [-0.15, -0.1) is 0 Å². The van der Waals surface area contributed by atoms with Crippen LogP contribution in [0.5, 0.6) is 5.75 Å². The summed E-state index contributed by atoms with van der Waals surface area (Å²) in [5.41, 5.74) is 5.80. The van der Waals surface area contributed by atoms with Crippen molar-refractivity contribution in [1.82, 2.24) is 0 Å². The molecule has 0 aromatic heterocycles. The Kier molecular flexibility index (Phi) is 4.36. The zero-order valence-electron chi connectivity index (χ0n) is 8.84. The summed E-state index contributed by atoms with van der Waals surface area (Å²) < 4.78 is 18.1. The summed E-state index contributed by atoms with van der Waals surface area (Å²) in [7, 11) is 0. The van der Waals surface area contributed by atoms with Crippen molar-refractivity contribution in [3.05, 3.63) is 29.0 Å². The van der Waals surface area contributed by atoms with E-state index in [1.54, 1.807) is 0 Å². The van der Waals surface area contributed by atoms with Gasteiger partial charge < -0.3 is 10.5 Å². The molecule has 0 fully saturated rings. The lowest BCUT2D eigenvalue weighted by Gasteiger charge is -2.16. The molecule has 0 spiro atoms. The number of hydrogen-bond acceptors (Lipinski definition) is 2. The van der Waals surface area contributed by atoms with Gasteiger partial charge in [0.2, 0.25) is 0 Å². The number of halogens is 2. The second kappa shape index (κ2) is 5.33. The van der Waals surface area contributed by atoms with E-state index in [0.717, 1.165) is 0 Å². The van der Waals surface area contributed by atoms with Crippen molar-refractivity contribution in [2.45, 2.75) is 19.9 Å². The second-order valence-electron chi connectivity index (χ2n) is 3.79. The molecule has 1 unspecified atom stereocenters. The van der Waals surface area contributed by atoms with Crippen molar-refractivity contribution in [2.24, 2.45) is 11.7 Å². The quantitative estimate of drug-likeness (QED) is 0.865. The number of hydrogen-bond donors (Lipinski definition) is 1. The molecule has 4 heteroatoms. The van der Waals surface area contributed by atoms with Crippen molar-refractivity contribution >= 4 is 11.6 Å². The predicted molar refractivity (Wildman–Crippen MR) is 59.7 cm³/mol. The van der Waals surface area contributed by atoms with Crippen molar-refractivity contribution in [3.63, 3.8) is 0 Å². The maximum Gasteiger partial charge on any atom is 0.138 e. The van der Waals surface area contributed by atoms with E-state index < -0.39 is 0 Å². The van der Waals surface area contributed by atoms with Gasteiger partial charge in [-0.1, -0.05) is 25.4 Å².